The van der Waals surface area contributed by atoms with Crippen molar-refractivity contribution in [1.29, 1.82) is 10.5 Å². The molecule has 2 aromatic rings. The average molecular weight is 485 g/mol. The first-order chi connectivity index (χ1) is 17.6. The lowest BCUT2D eigenvalue weighted by Gasteiger charge is -2.48. The molecule has 4 rings (SSSR count). The van der Waals surface area contributed by atoms with Crippen molar-refractivity contribution in [2.75, 3.05) is 39.3 Å². The second-order valence-electron chi connectivity index (χ2n) is 10.1. The van der Waals surface area contributed by atoms with Crippen LogP contribution in [0.2, 0.25) is 0 Å². The summed E-state index contributed by atoms with van der Waals surface area (Å²) >= 11 is 0. The topological polar surface area (TPSA) is 80.4 Å². The van der Waals surface area contributed by atoms with Gasteiger partial charge in [0.1, 0.15) is 5.75 Å². The van der Waals surface area contributed by atoms with Gasteiger partial charge in [0.15, 0.2) is 0 Å². The molecule has 2 fully saturated rings. The molecule has 188 valence electrons. The lowest BCUT2D eigenvalue weighted by molar-refractivity contribution is -0.131. The van der Waals surface area contributed by atoms with Crippen molar-refractivity contribution < 1.29 is 9.53 Å². The van der Waals surface area contributed by atoms with Crippen LogP contribution in [0.25, 0.3) is 0 Å². The molecule has 2 unspecified atom stereocenters. The van der Waals surface area contributed by atoms with Crippen LogP contribution in [0.4, 0.5) is 0 Å². The van der Waals surface area contributed by atoms with E-state index in [0.717, 1.165) is 69.6 Å². The SMILES string of the molecule is CC(=O)N1CCCC(C(C#N)(c2ccccc2)C2CCN(CCCOc3ccc(C#N)cc3)CC2)C1. The van der Waals surface area contributed by atoms with Crippen molar-refractivity contribution in [3.8, 4) is 17.9 Å². The number of amides is 1. The van der Waals surface area contributed by atoms with Crippen molar-refractivity contribution in [3.05, 3.63) is 65.7 Å². The highest BCUT2D eigenvalue weighted by Crippen LogP contribution is 2.47. The second kappa shape index (κ2) is 12.1. The summed E-state index contributed by atoms with van der Waals surface area (Å²) in [6.45, 7) is 6.66. The molecule has 0 bridgehead atoms. The summed E-state index contributed by atoms with van der Waals surface area (Å²) in [6, 6.07) is 22.5. The Morgan fingerprint density at radius 3 is 2.36 bits per heavy atom. The summed E-state index contributed by atoms with van der Waals surface area (Å²) < 4.78 is 5.84. The molecular weight excluding hydrogens is 448 g/mol. The maximum atomic E-state index is 12.2. The lowest BCUT2D eigenvalue weighted by atomic mass is 9.59. The van der Waals surface area contributed by atoms with E-state index in [1.54, 1.807) is 19.1 Å². The van der Waals surface area contributed by atoms with E-state index in [2.05, 4.69) is 29.2 Å². The smallest absolute Gasteiger partial charge is 0.219 e. The van der Waals surface area contributed by atoms with E-state index in [9.17, 15) is 10.1 Å². The van der Waals surface area contributed by atoms with E-state index in [0.29, 0.717) is 18.7 Å². The molecule has 2 aliphatic heterocycles. The van der Waals surface area contributed by atoms with E-state index >= 15 is 0 Å². The molecule has 0 spiro atoms. The summed E-state index contributed by atoms with van der Waals surface area (Å²) in [5, 5.41) is 19.7. The predicted molar refractivity (Wildman–Crippen MR) is 139 cm³/mol. The van der Waals surface area contributed by atoms with Crippen molar-refractivity contribution in [3.63, 3.8) is 0 Å². The predicted octanol–water partition coefficient (Wildman–Crippen LogP) is 4.76. The first kappa shape index (κ1) is 25.7. The Morgan fingerprint density at radius 1 is 1.00 bits per heavy atom. The Balaban J connectivity index is 1.37. The monoisotopic (exact) mass is 484 g/mol. The van der Waals surface area contributed by atoms with Gasteiger partial charge >= 0.3 is 0 Å². The minimum atomic E-state index is -0.569. The third-order valence-electron chi connectivity index (χ3n) is 8.05. The number of nitrogens with zero attached hydrogens (tertiary/aromatic N) is 4. The minimum absolute atomic E-state index is 0.109. The molecule has 6 heteroatoms. The Bertz CT molecular complexity index is 1080. The van der Waals surface area contributed by atoms with E-state index in [1.165, 1.54) is 0 Å². The molecule has 1 amide bonds. The van der Waals surface area contributed by atoms with Gasteiger partial charge in [0.05, 0.1) is 29.7 Å². The highest BCUT2D eigenvalue weighted by Gasteiger charge is 2.49. The lowest BCUT2D eigenvalue weighted by Crippen LogP contribution is -2.52. The summed E-state index contributed by atoms with van der Waals surface area (Å²) in [5.41, 5.74) is 1.17. The number of benzene rings is 2. The molecule has 2 saturated heterocycles. The Hall–Kier alpha value is -3.35. The summed E-state index contributed by atoms with van der Waals surface area (Å²) in [5.74, 6) is 1.33. The van der Waals surface area contributed by atoms with Gasteiger partial charge in [-0.25, -0.2) is 0 Å². The van der Waals surface area contributed by atoms with Gasteiger partial charge in [-0.15, -0.1) is 0 Å². The molecule has 0 aromatic heterocycles. The zero-order valence-corrected chi connectivity index (χ0v) is 21.2. The van der Waals surface area contributed by atoms with E-state index < -0.39 is 5.41 Å². The largest absolute Gasteiger partial charge is 0.494 e. The average Bonchev–Trinajstić information content (AvgIpc) is 2.93. The number of piperidine rings is 2. The van der Waals surface area contributed by atoms with Gasteiger partial charge in [0, 0.05) is 26.6 Å². The van der Waals surface area contributed by atoms with Crippen LogP contribution in [0.3, 0.4) is 0 Å². The number of hydrogen-bond donors (Lipinski definition) is 0. The quantitative estimate of drug-likeness (QED) is 0.505. The number of carbonyl (C=O) groups excluding carboxylic acids is 1. The van der Waals surface area contributed by atoms with E-state index in [4.69, 9.17) is 10.00 Å². The molecular formula is C30H36N4O2. The minimum Gasteiger partial charge on any atom is -0.494 e. The number of rotatable bonds is 8. The van der Waals surface area contributed by atoms with Gasteiger partial charge in [-0.05, 0) is 86.9 Å². The number of hydrogen-bond acceptors (Lipinski definition) is 5. The normalized spacial score (nSPS) is 20.6. The highest BCUT2D eigenvalue weighted by molar-refractivity contribution is 5.73. The number of ether oxygens (including phenoxy) is 1. The third-order valence-corrected chi connectivity index (χ3v) is 8.05. The molecule has 2 aromatic carbocycles. The van der Waals surface area contributed by atoms with E-state index in [-0.39, 0.29) is 17.7 Å². The van der Waals surface area contributed by atoms with Crippen LogP contribution < -0.4 is 4.74 Å². The van der Waals surface area contributed by atoms with Gasteiger partial charge in [0.2, 0.25) is 5.91 Å². The van der Waals surface area contributed by atoms with E-state index in [1.807, 2.05) is 35.2 Å². The Labute approximate surface area is 215 Å². The Kier molecular flexibility index (Phi) is 8.62. The molecule has 2 heterocycles. The van der Waals surface area contributed by atoms with Crippen molar-refractivity contribution >= 4 is 5.91 Å². The highest BCUT2D eigenvalue weighted by atomic mass is 16.5. The number of likely N-dealkylation sites (tertiary alicyclic amines) is 2. The van der Waals surface area contributed by atoms with Crippen LogP contribution in [-0.2, 0) is 10.2 Å². The third kappa shape index (κ3) is 5.72. The van der Waals surface area contributed by atoms with Crippen molar-refractivity contribution in [1.82, 2.24) is 9.80 Å². The molecule has 0 saturated carbocycles. The number of nitriles is 2. The zero-order chi connectivity index (χ0) is 25.4. The van der Waals surface area contributed by atoms with Crippen molar-refractivity contribution in [2.45, 2.75) is 44.4 Å². The summed E-state index contributed by atoms with van der Waals surface area (Å²) in [7, 11) is 0. The van der Waals surface area contributed by atoms with Crippen LogP contribution in [-0.4, -0.2) is 55.0 Å². The van der Waals surface area contributed by atoms with Crippen LogP contribution >= 0.6 is 0 Å². The van der Waals surface area contributed by atoms with Gasteiger partial charge in [-0.2, -0.15) is 10.5 Å². The second-order valence-corrected chi connectivity index (χ2v) is 10.1. The zero-order valence-electron chi connectivity index (χ0n) is 21.2. The molecule has 0 aliphatic carbocycles. The summed E-state index contributed by atoms with van der Waals surface area (Å²) in [4.78, 5) is 16.6. The molecule has 2 atom stereocenters. The first-order valence-corrected chi connectivity index (χ1v) is 13.1. The van der Waals surface area contributed by atoms with Crippen LogP contribution in [0.5, 0.6) is 5.75 Å². The van der Waals surface area contributed by atoms with Gasteiger partial charge in [-0.3, -0.25) is 4.79 Å². The maximum absolute atomic E-state index is 12.2. The molecule has 36 heavy (non-hydrogen) atoms. The van der Waals surface area contributed by atoms with Gasteiger partial charge < -0.3 is 14.5 Å². The van der Waals surface area contributed by atoms with Crippen LogP contribution in [0, 0.1) is 34.5 Å². The number of carbonyl (C=O) groups is 1. The maximum Gasteiger partial charge on any atom is 0.219 e. The fourth-order valence-electron chi connectivity index (χ4n) is 6.12. The standard InChI is InChI=1S/C30H36N4O2/c1-24(35)34-17-5-9-28(22-34)30(23-32,26-7-3-2-4-8-26)27-14-18-33(19-15-27)16-6-20-36-29-12-10-25(21-31)11-13-29/h2-4,7-8,10-13,27-28H,5-6,9,14-20,22H2,1H3. The van der Waals surface area contributed by atoms with Crippen LogP contribution in [0.15, 0.2) is 54.6 Å². The Morgan fingerprint density at radius 2 is 1.72 bits per heavy atom. The molecule has 0 N–H and O–H groups in total. The van der Waals surface area contributed by atoms with Crippen LogP contribution in [0.1, 0.15) is 50.2 Å². The fraction of sp³-hybridized carbons (Fsp3) is 0.500. The first-order valence-electron chi connectivity index (χ1n) is 13.1. The molecule has 6 nitrogen and oxygen atoms in total. The molecule has 2 aliphatic rings. The molecule has 0 radical (unpaired) electrons. The van der Waals surface area contributed by atoms with Gasteiger partial charge in [0.25, 0.3) is 0 Å². The van der Waals surface area contributed by atoms with Crippen molar-refractivity contribution in [2.24, 2.45) is 11.8 Å². The van der Waals surface area contributed by atoms with Gasteiger partial charge in [-0.1, -0.05) is 30.3 Å². The summed E-state index contributed by atoms with van der Waals surface area (Å²) in [6.07, 6.45) is 4.84. The fourth-order valence-corrected chi connectivity index (χ4v) is 6.12.